The summed E-state index contributed by atoms with van der Waals surface area (Å²) in [6.45, 7) is -0.150. The molecule has 29 heavy (non-hydrogen) atoms. The first-order valence-electron chi connectivity index (χ1n) is 10.4. The maximum atomic E-state index is 11.8. The van der Waals surface area contributed by atoms with Gasteiger partial charge in [-0.3, -0.25) is 14.8 Å². The largest absolute Gasteiger partial charge is 0.481 e. The van der Waals surface area contributed by atoms with Crippen LogP contribution in [0, 0.1) is 5.53 Å². The molecule has 0 aliphatic rings. The van der Waals surface area contributed by atoms with Gasteiger partial charge in [0, 0.05) is 19.3 Å². The van der Waals surface area contributed by atoms with E-state index in [1.807, 2.05) is 0 Å². The number of amides is 1. The van der Waals surface area contributed by atoms with Crippen LogP contribution in [0.2, 0.25) is 0 Å². The van der Waals surface area contributed by atoms with Crippen LogP contribution in [0.1, 0.15) is 89.9 Å². The van der Waals surface area contributed by atoms with E-state index in [0.717, 1.165) is 51.4 Å². The lowest BCUT2D eigenvalue weighted by molar-refractivity contribution is -0.144. The molecule has 0 aromatic heterocycles. The fourth-order valence-electron chi connectivity index (χ4n) is 2.97. The highest BCUT2D eigenvalue weighted by Crippen LogP contribution is 2.12. The number of hydroxylamine groups is 1. The van der Waals surface area contributed by atoms with Crippen LogP contribution in [0.3, 0.4) is 0 Å². The number of rotatable bonds is 20. The molecule has 0 saturated heterocycles. The highest BCUT2D eigenvalue weighted by Gasteiger charge is 2.20. The Hall–Kier alpha value is -2.23. The quantitative estimate of drug-likeness (QED) is 0.115. The second kappa shape index (κ2) is 17.8. The van der Waals surface area contributed by atoms with E-state index >= 15 is 0 Å². The summed E-state index contributed by atoms with van der Waals surface area (Å²) >= 11 is 0. The van der Waals surface area contributed by atoms with Crippen LogP contribution >= 0.6 is 0 Å². The molecule has 1 atom stereocenters. The first-order chi connectivity index (χ1) is 13.9. The molecule has 1 amide bonds. The highest BCUT2D eigenvalue weighted by molar-refractivity contribution is 5.83. The molecular weight excluding hydrogens is 380 g/mol. The Labute approximate surface area is 172 Å². The number of aliphatic carboxylic acids is 2. The number of carbonyl (C=O) groups is 3. The molecule has 10 heteroatoms. The molecule has 5 N–H and O–H groups in total. The molecule has 0 rings (SSSR count). The van der Waals surface area contributed by atoms with Gasteiger partial charge in [0.25, 0.3) is 0 Å². The van der Waals surface area contributed by atoms with Crippen molar-refractivity contribution in [1.82, 2.24) is 10.5 Å². The molecule has 0 aliphatic heterocycles. The number of hydrogen-bond donors (Lipinski definition) is 5. The second-order valence-electron chi connectivity index (χ2n) is 7.23. The summed E-state index contributed by atoms with van der Waals surface area (Å²) in [6, 6.07) is -1.11. The lowest BCUT2D eigenvalue weighted by Gasteiger charge is -2.16. The Morgan fingerprint density at radius 2 is 1.28 bits per heavy atom. The second-order valence-corrected chi connectivity index (χ2v) is 7.23. The molecule has 168 valence electrons. The third kappa shape index (κ3) is 17.6. The van der Waals surface area contributed by atoms with Gasteiger partial charge in [-0.15, -0.1) is 0 Å². The molecule has 0 spiro atoms. The van der Waals surface area contributed by atoms with Crippen molar-refractivity contribution in [2.45, 2.75) is 95.9 Å². The van der Waals surface area contributed by atoms with Crippen LogP contribution in [-0.4, -0.2) is 51.0 Å². The Balaban J connectivity index is 3.57. The van der Waals surface area contributed by atoms with Gasteiger partial charge in [-0.2, -0.15) is 10.7 Å². The van der Waals surface area contributed by atoms with Gasteiger partial charge in [0.15, 0.2) is 0 Å². The Bertz CT molecular complexity index is 489. The van der Waals surface area contributed by atoms with Crippen LogP contribution in [0.5, 0.6) is 0 Å². The van der Waals surface area contributed by atoms with Gasteiger partial charge in [0.1, 0.15) is 6.04 Å². The zero-order chi connectivity index (χ0) is 21.9. The first-order valence-corrected chi connectivity index (χ1v) is 10.4. The molecule has 0 heterocycles. The van der Waals surface area contributed by atoms with Crippen LogP contribution < -0.4 is 5.32 Å². The SMILES string of the molecule is N=NN(O)CC[C@H](NC(=O)CCCCCCCCCCCCCC(=O)O)C(=O)O. The van der Waals surface area contributed by atoms with Crippen molar-refractivity contribution >= 4 is 17.8 Å². The Morgan fingerprint density at radius 3 is 1.69 bits per heavy atom. The standard InChI is InChI=1S/C19H36N4O6/c20-22-23(29)15-14-16(19(27)28)21-17(24)12-10-8-6-4-2-1-3-5-7-9-11-13-18(25)26/h16,20,29H,1-15H2,(H,21,24)(H,25,26)(H,27,28)/t16-/m0/s1. The van der Waals surface area contributed by atoms with E-state index < -0.39 is 18.0 Å². The van der Waals surface area contributed by atoms with E-state index in [1.54, 1.807) is 0 Å². The van der Waals surface area contributed by atoms with E-state index in [1.165, 1.54) is 12.8 Å². The minimum atomic E-state index is -1.18. The number of unbranched alkanes of at least 4 members (excludes halogenated alkanes) is 10. The topological polar surface area (TPSA) is 163 Å². The average Bonchev–Trinajstić information content (AvgIpc) is 2.67. The van der Waals surface area contributed by atoms with Gasteiger partial charge < -0.3 is 15.5 Å². The highest BCUT2D eigenvalue weighted by atomic mass is 16.5. The summed E-state index contributed by atoms with van der Waals surface area (Å²) in [4.78, 5) is 33.4. The van der Waals surface area contributed by atoms with E-state index in [9.17, 15) is 14.4 Å². The predicted octanol–water partition coefficient (Wildman–Crippen LogP) is 3.74. The normalized spacial score (nSPS) is 11.6. The lowest BCUT2D eigenvalue weighted by atomic mass is 10.0. The molecule has 0 unspecified atom stereocenters. The maximum Gasteiger partial charge on any atom is 0.326 e. The van der Waals surface area contributed by atoms with E-state index in [-0.39, 0.29) is 31.7 Å². The Kier molecular flexibility index (Phi) is 16.5. The lowest BCUT2D eigenvalue weighted by Crippen LogP contribution is -2.42. The van der Waals surface area contributed by atoms with Crippen molar-refractivity contribution in [3.8, 4) is 0 Å². The van der Waals surface area contributed by atoms with Crippen molar-refractivity contribution in [1.29, 1.82) is 5.53 Å². The smallest absolute Gasteiger partial charge is 0.326 e. The van der Waals surface area contributed by atoms with Crippen molar-refractivity contribution in [2.75, 3.05) is 6.54 Å². The van der Waals surface area contributed by atoms with Crippen molar-refractivity contribution in [2.24, 2.45) is 5.22 Å². The summed E-state index contributed by atoms with van der Waals surface area (Å²) in [7, 11) is 0. The molecule has 0 aliphatic carbocycles. The summed E-state index contributed by atoms with van der Waals surface area (Å²) in [5, 5.41) is 32.1. The molecule has 0 aromatic rings. The first kappa shape index (κ1) is 26.8. The van der Waals surface area contributed by atoms with Crippen molar-refractivity contribution in [3.05, 3.63) is 0 Å². The molecule has 0 saturated carbocycles. The predicted molar refractivity (Wildman–Crippen MR) is 105 cm³/mol. The fraction of sp³-hybridized carbons (Fsp3) is 0.842. The summed E-state index contributed by atoms with van der Waals surface area (Å²) < 4.78 is 0. The van der Waals surface area contributed by atoms with Crippen molar-refractivity contribution < 1.29 is 29.8 Å². The van der Waals surface area contributed by atoms with Gasteiger partial charge in [-0.05, 0) is 12.8 Å². The number of nitrogens with zero attached hydrogens (tertiary/aromatic N) is 2. The van der Waals surface area contributed by atoms with Gasteiger partial charge in [-0.1, -0.05) is 63.0 Å². The number of carboxylic acid groups (broad SMARTS) is 2. The minimum Gasteiger partial charge on any atom is -0.481 e. The monoisotopic (exact) mass is 416 g/mol. The van der Waals surface area contributed by atoms with Crippen LogP contribution in [-0.2, 0) is 14.4 Å². The minimum absolute atomic E-state index is 0.0422. The van der Waals surface area contributed by atoms with Crippen LogP contribution in [0.25, 0.3) is 0 Å². The Morgan fingerprint density at radius 1 is 0.828 bits per heavy atom. The van der Waals surface area contributed by atoms with Gasteiger partial charge >= 0.3 is 11.9 Å². The molecule has 10 nitrogen and oxygen atoms in total. The number of nitrogens with one attached hydrogen (secondary N) is 2. The molecule has 0 bridgehead atoms. The van der Waals surface area contributed by atoms with Gasteiger partial charge in [-0.25, -0.2) is 4.79 Å². The van der Waals surface area contributed by atoms with E-state index in [2.05, 4.69) is 10.5 Å². The molecule has 0 aromatic carbocycles. The van der Waals surface area contributed by atoms with Gasteiger partial charge in [0.2, 0.25) is 5.91 Å². The van der Waals surface area contributed by atoms with E-state index in [0.29, 0.717) is 11.6 Å². The third-order valence-electron chi connectivity index (χ3n) is 4.66. The van der Waals surface area contributed by atoms with Crippen LogP contribution in [0.15, 0.2) is 5.22 Å². The number of hydrogen-bond acceptors (Lipinski definition) is 6. The molecule has 0 fully saturated rings. The zero-order valence-corrected chi connectivity index (χ0v) is 17.1. The molecule has 0 radical (unpaired) electrons. The van der Waals surface area contributed by atoms with Gasteiger partial charge in [0.05, 0.1) is 6.54 Å². The number of carbonyl (C=O) groups excluding carboxylic acids is 1. The molecular formula is C19H36N4O6. The van der Waals surface area contributed by atoms with Crippen LogP contribution in [0.4, 0.5) is 0 Å². The third-order valence-corrected chi connectivity index (χ3v) is 4.66. The summed E-state index contributed by atoms with van der Waals surface area (Å²) in [6.07, 6.45) is 11.7. The van der Waals surface area contributed by atoms with E-state index in [4.69, 9.17) is 21.0 Å². The summed E-state index contributed by atoms with van der Waals surface area (Å²) in [5.41, 5.74) is 6.58. The maximum absolute atomic E-state index is 11.8. The number of carboxylic acids is 2. The van der Waals surface area contributed by atoms with Crippen molar-refractivity contribution in [3.63, 3.8) is 0 Å². The fourth-order valence-corrected chi connectivity index (χ4v) is 2.97. The zero-order valence-electron chi connectivity index (χ0n) is 17.1. The summed E-state index contributed by atoms with van der Waals surface area (Å²) in [5.74, 6) is -2.23. The average molecular weight is 417 g/mol.